The number of nitrogens with zero attached hydrogens (tertiary/aromatic N) is 2. The van der Waals surface area contributed by atoms with E-state index in [2.05, 4.69) is 29.1 Å². The number of aliphatic hydroxyl groups excluding tert-OH is 1. The molecule has 0 bridgehead atoms. The van der Waals surface area contributed by atoms with Gasteiger partial charge >= 0.3 is 0 Å². The normalized spacial score (nSPS) is 11.6. The third-order valence-electron chi connectivity index (χ3n) is 2.39. The second kappa shape index (κ2) is 6.42. The van der Waals surface area contributed by atoms with Crippen LogP contribution in [-0.2, 0) is 0 Å². The van der Waals surface area contributed by atoms with Crippen LogP contribution in [0.25, 0.3) is 0 Å². The summed E-state index contributed by atoms with van der Waals surface area (Å²) in [5, 5.41) is 13.3. The van der Waals surface area contributed by atoms with Gasteiger partial charge < -0.3 is 10.4 Å². The van der Waals surface area contributed by atoms with E-state index in [1.165, 1.54) is 11.8 Å². The van der Waals surface area contributed by atoms with Gasteiger partial charge in [-0.15, -0.1) is 0 Å². The molecule has 17 heavy (non-hydrogen) atoms. The number of rotatable bonds is 6. The summed E-state index contributed by atoms with van der Waals surface area (Å²) in [6.45, 7) is 5.10. The molecule has 0 aliphatic heterocycles. The molecule has 1 heterocycles. The van der Waals surface area contributed by atoms with Gasteiger partial charge in [-0.2, -0.15) is 0 Å². The Kier molecular flexibility index (Phi) is 5.49. The highest BCUT2D eigenvalue weighted by molar-refractivity contribution is 7.98. The van der Waals surface area contributed by atoms with Crippen molar-refractivity contribution in [2.24, 2.45) is 5.41 Å². The lowest BCUT2D eigenvalue weighted by Gasteiger charge is -2.24. The fourth-order valence-corrected chi connectivity index (χ4v) is 1.91. The molecule has 0 aliphatic carbocycles. The molecular weight excluding hydrogens is 258 g/mol. The lowest BCUT2D eigenvalue weighted by molar-refractivity contribution is 0.220. The predicted molar refractivity (Wildman–Crippen MR) is 72.8 cm³/mol. The molecule has 0 radical (unpaired) electrons. The minimum Gasteiger partial charge on any atom is -0.396 e. The van der Waals surface area contributed by atoms with Crippen LogP contribution in [0.2, 0.25) is 5.15 Å². The molecule has 6 heteroatoms. The first-order chi connectivity index (χ1) is 7.96. The molecule has 1 aromatic rings. The summed E-state index contributed by atoms with van der Waals surface area (Å²) >= 11 is 7.35. The minimum atomic E-state index is 0.0195. The molecule has 96 valence electrons. The average molecular weight is 276 g/mol. The summed E-state index contributed by atoms with van der Waals surface area (Å²) in [5.74, 6) is 0.723. The highest BCUT2D eigenvalue weighted by Crippen LogP contribution is 2.22. The summed E-state index contributed by atoms with van der Waals surface area (Å²) in [6, 6.07) is 1.70. The maximum atomic E-state index is 8.95. The van der Waals surface area contributed by atoms with Gasteiger partial charge in [-0.1, -0.05) is 37.2 Å². The molecule has 1 rings (SSSR count). The van der Waals surface area contributed by atoms with Crippen molar-refractivity contribution >= 4 is 29.2 Å². The van der Waals surface area contributed by atoms with E-state index in [9.17, 15) is 0 Å². The third kappa shape index (κ3) is 5.10. The highest BCUT2D eigenvalue weighted by atomic mass is 35.5. The maximum Gasteiger partial charge on any atom is 0.190 e. The smallest absolute Gasteiger partial charge is 0.190 e. The van der Waals surface area contributed by atoms with Gasteiger partial charge in [-0.3, -0.25) is 0 Å². The summed E-state index contributed by atoms with van der Waals surface area (Å²) < 4.78 is 0. The molecule has 0 unspecified atom stereocenters. The summed E-state index contributed by atoms with van der Waals surface area (Å²) in [7, 11) is 0. The Hall–Kier alpha value is -0.520. The Morgan fingerprint density at radius 3 is 2.76 bits per heavy atom. The van der Waals surface area contributed by atoms with Crippen molar-refractivity contribution in [3.05, 3.63) is 11.2 Å². The molecule has 0 spiro atoms. The highest BCUT2D eigenvalue weighted by Gasteiger charge is 2.17. The molecule has 0 saturated heterocycles. The van der Waals surface area contributed by atoms with E-state index in [0.717, 1.165) is 18.8 Å². The van der Waals surface area contributed by atoms with Crippen molar-refractivity contribution in [3.63, 3.8) is 0 Å². The molecule has 1 aromatic heterocycles. The van der Waals surface area contributed by atoms with Crippen LogP contribution in [0.5, 0.6) is 0 Å². The molecule has 0 amide bonds. The van der Waals surface area contributed by atoms with Crippen molar-refractivity contribution in [1.82, 2.24) is 9.97 Å². The average Bonchev–Trinajstić information content (AvgIpc) is 2.26. The van der Waals surface area contributed by atoms with Gasteiger partial charge in [0.1, 0.15) is 11.0 Å². The summed E-state index contributed by atoms with van der Waals surface area (Å²) in [4.78, 5) is 8.38. The summed E-state index contributed by atoms with van der Waals surface area (Å²) in [6.07, 6.45) is 2.65. The van der Waals surface area contributed by atoms with Crippen LogP contribution >= 0.6 is 23.4 Å². The van der Waals surface area contributed by atoms with Gasteiger partial charge in [0.2, 0.25) is 0 Å². The minimum absolute atomic E-state index is 0.0195. The number of hydrogen-bond acceptors (Lipinski definition) is 5. The van der Waals surface area contributed by atoms with Gasteiger partial charge in [0.25, 0.3) is 0 Å². The first-order valence-electron chi connectivity index (χ1n) is 5.40. The fraction of sp³-hybridized carbons (Fsp3) is 0.636. The van der Waals surface area contributed by atoms with Crippen molar-refractivity contribution in [3.8, 4) is 0 Å². The lowest BCUT2D eigenvalue weighted by atomic mass is 9.90. The van der Waals surface area contributed by atoms with Crippen LogP contribution in [0, 0.1) is 5.41 Å². The molecule has 0 aliphatic rings. The monoisotopic (exact) mass is 275 g/mol. The van der Waals surface area contributed by atoms with Gasteiger partial charge in [0.15, 0.2) is 5.16 Å². The van der Waals surface area contributed by atoms with Gasteiger partial charge in [0, 0.05) is 19.2 Å². The number of thioether (sulfide) groups is 1. The number of halogens is 1. The zero-order valence-electron chi connectivity index (χ0n) is 10.3. The van der Waals surface area contributed by atoms with E-state index in [4.69, 9.17) is 16.7 Å². The van der Waals surface area contributed by atoms with Crippen molar-refractivity contribution in [2.45, 2.75) is 25.4 Å². The standard InChI is InChI=1S/C11H18ClN3OS/c1-11(2,4-5-16)7-13-9-6-8(12)14-10(15-9)17-3/h6,16H,4-5,7H2,1-3H3,(H,13,14,15). The zero-order chi connectivity index (χ0) is 12.9. The van der Waals surface area contributed by atoms with Crippen LogP contribution in [0.1, 0.15) is 20.3 Å². The van der Waals surface area contributed by atoms with Crippen molar-refractivity contribution in [1.29, 1.82) is 0 Å². The van der Waals surface area contributed by atoms with E-state index in [0.29, 0.717) is 10.3 Å². The number of aliphatic hydroxyl groups is 1. The quantitative estimate of drug-likeness (QED) is 0.475. The predicted octanol–water partition coefficient (Wildman–Crippen LogP) is 2.67. The Balaban J connectivity index is 2.65. The third-order valence-corrected chi connectivity index (χ3v) is 3.13. The molecule has 4 nitrogen and oxygen atoms in total. The van der Waals surface area contributed by atoms with Gasteiger partial charge in [0.05, 0.1) is 0 Å². The first kappa shape index (κ1) is 14.5. The first-order valence-corrected chi connectivity index (χ1v) is 7.00. The van der Waals surface area contributed by atoms with Crippen LogP contribution < -0.4 is 5.32 Å². The Morgan fingerprint density at radius 1 is 1.47 bits per heavy atom. The van der Waals surface area contributed by atoms with Crippen molar-refractivity contribution in [2.75, 3.05) is 24.7 Å². The Labute approximate surface area is 111 Å². The van der Waals surface area contributed by atoms with E-state index in [1.54, 1.807) is 6.07 Å². The van der Waals surface area contributed by atoms with Crippen LogP contribution in [-0.4, -0.2) is 34.5 Å². The van der Waals surface area contributed by atoms with E-state index < -0.39 is 0 Å². The van der Waals surface area contributed by atoms with Gasteiger partial charge in [-0.25, -0.2) is 9.97 Å². The molecule has 0 atom stereocenters. The topological polar surface area (TPSA) is 58.0 Å². The number of nitrogens with one attached hydrogen (secondary N) is 1. The molecule has 0 saturated carbocycles. The maximum absolute atomic E-state index is 8.95. The molecule has 0 aromatic carbocycles. The second-order valence-corrected chi connectivity index (χ2v) is 5.71. The lowest BCUT2D eigenvalue weighted by Crippen LogP contribution is -2.24. The zero-order valence-corrected chi connectivity index (χ0v) is 11.9. The van der Waals surface area contributed by atoms with E-state index in [1.807, 2.05) is 6.26 Å². The van der Waals surface area contributed by atoms with Crippen LogP contribution in [0.4, 0.5) is 5.82 Å². The van der Waals surface area contributed by atoms with Crippen LogP contribution in [0.15, 0.2) is 11.2 Å². The Bertz CT molecular complexity index is 374. The SMILES string of the molecule is CSc1nc(Cl)cc(NCC(C)(C)CCO)n1. The molecular formula is C11H18ClN3OS. The van der Waals surface area contributed by atoms with Gasteiger partial charge in [-0.05, 0) is 18.1 Å². The number of anilines is 1. The van der Waals surface area contributed by atoms with E-state index >= 15 is 0 Å². The second-order valence-electron chi connectivity index (χ2n) is 4.55. The van der Waals surface area contributed by atoms with Crippen LogP contribution in [0.3, 0.4) is 0 Å². The van der Waals surface area contributed by atoms with Crippen molar-refractivity contribution < 1.29 is 5.11 Å². The molecule has 0 fully saturated rings. The van der Waals surface area contributed by atoms with E-state index in [-0.39, 0.29) is 12.0 Å². The number of aromatic nitrogens is 2. The Morgan fingerprint density at radius 2 is 2.18 bits per heavy atom. The summed E-state index contributed by atoms with van der Waals surface area (Å²) in [5.41, 5.74) is 0.0195. The molecule has 2 N–H and O–H groups in total. The number of hydrogen-bond donors (Lipinski definition) is 2. The largest absolute Gasteiger partial charge is 0.396 e. The fourth-order valence-electron chi connectivity index (χ4n) is 1.30.